The highest BCUT2D eigenvalue weighted by atomic mass is 15.3. The number of fused-ring (bicyclic) bond motifs is 1. The lowest BCUT2D eigenvalue weighted by molar-refractivity contribution is 0.481. The van der Waals surface area contributed by atoms with Crippen LogP contribution in [0.3, 0.4) is 0 Å². The molecule has 0 spiro atoms. The van der Waals surface area contributed by atoms with Crippen molar-refractivity contribution in [1.82, 2.24) is 4.48 Å². The molecule has 2 N–H and O–H groups in total. The van der Waals surface area contributed by atoms with Crippen LogP contribution in [0.4, 0.5) is 5.69 Å². The van der Waals surface area contributed by atoms with Gasteiger partial charge in [-0.3, -0.25) is 4.48 Å². The molecule has 1 aliphatic carbocycles. The third-order valence-electron chi connectivity index (χ3n) is 3.18. The molecule has 0 radical (unpaired) electrons. The zero-order valence-corrected chi connectivity index (χ0v) is 10.3. The second kappa shape index (κ2) is 3.91. The first kappa shape index (κ1) is 11.1. The van der Waals surface area contributed by atoms with E-state index in [0.29, 0.717) is 0 Å². The molecular weight excluding hydrogens is 198 g/mol. The summed E-state index contributed by atoms with van der Waals surface area (Å²) in [6.45, 7) is 0. The van der Waals surface area contributed by atoms with Crippen molar-refractivity contribution < 1.29 is 0 Å². The van der Waals surface area contributed by atoms with Crippen molar-refractivity contribution in [1.29, 1.82) is 0 Å². The average molecular weight is 218 g/mol. The highest BCUT2D eigenvalue weighted by Gasteiger charge is 2.24. The lowest BCUT2D eigenvalue weighted by atomic mass is 9.88. The quantitative estimate of drug-likeness (QED) is 0.436. The lowest BCUT2D eigenvalue weighted by Crippen LogP contribution is -2.36. The molecule has 0 bridgehead atoms. The van der Waals surface area contributed by atoms with Crippen LogP contribution in [-0.2, 0) is 6.42 Å². The third-order valence-corrected chi connectivity index (χ3v) is 3.18. The molecule has 3 heteroatoms. The van der Waals surface area contributed by atoms with Crippen molar-refractivity contribution in [2.24, 2.45) is 10.9 Å². The van der Waals surface area contributed by atoms with Gasteiger partial charge in [0.1, 0.15) is 5.69 Å². The first-order valence-corrected chi connectivity index (χ1v) is 5.75. The number of nitrogens with two attached hydrogens (primary N) is 1. The summed E-state index contributed by atoms with van der Waals surface area (Å²) in [7, 11) is 6.59. The van der Waals surface area contributed by atoms with Crippen LogP contribution in [0, 0.1) is 0 Å². The van der Waals surface area contributed by atoms with Gasteiger partial charge in [-0.05, 0) is 25.3 Å². The predicted octanol–water partition coefficient (Wildman–Crippen LogP) is 1.88. The number of quaternary nitrogens is 1. The summed E-state index contributed by atoms with van der Waals surface area (Å²) in [5, 5.41) is 3.92. The summed E-state index contributed by atoms with van der Waals surface area (Å²) in [6.07, 6.45) is 3.30. The standard InChI is InChI=1S/C13H20N3/c1-16(2,3)13-9-5-6-10-11(13)7-4-8-12(10)15-14/h5-6,9H,4,7-8,14H2,1-3H3/q+1/b15-12+. The number of hydrogen-bond acceptors (Lipinski definition) is 2. The summed E-state index contributed by atoms with van der Waals surface area (Å²) >= 11 is 0. The van der Waals surface area contributed by atoms with E-state index in [4.69, 9.17) is 5.84 Å². The number of hydrogen-bond donors (Lipinski definition) is 1. The molecule has 16 heavy (non-hydrogen) atoms. The van der Waals surface area contributed by atoms with E-state index in [1.54, 1.807) is 0 Å². The molecule has 0 saturated carbocycles. The second-order valence-electron chi connectivity index (χ2n) is 5.25. The monoisotopic (exact) mass is 218 g/mol. The van der Waals surface area contributed by atoms with E-state index in [1.807, 2.05) is 0 Å². The summed E-state index contributed by atoms with van der Waals surface area (Å²) in [5.74, 6) is 5.46. The van der Waals surface area contributed by atoms with Gasteiger partial charge in [-0.1, -0.05) is 12.1 Å². The van der Waals surface area contributed by atoms with Crippen LogP contribution in [0.15, 0.2) is 23.3 Å². The fourth-order valence-corrected chi connectivity index (χ4v) is 2.44. The van der Waals surface area contributed by atoms with Crippen LogP contribution >= 0.6 is 0 Å². The minimum atomic E-state index is 0.848. The fraction of sp³-hybridized carbons (Fsp3) is 0.462. The first-order chi connectivity index (χ1) is 7.54. The Kier molecular flexibility index (Phi) is 2.72. The van der Waals surface area contributed by atoms with Gasteiger partial charge in [0.25, 0.3) is 0 Å². The molecule has 0 amide bonds. The minimum absolute atomic E-state index is 0.848. The Balaban J connectivity index is 2.60. The zero-order chi connectivity index (χ0) is 11.8. The van der Waals surface area contributed by atoms with Gasteiger partial charge < -0.3 is 5.84 Å². The number of rotatable bonds is 1. The molecule has 1 aliphatic rings. The molecule has 0 aliphatic heterocycles. The molecule has 0 heterocycles. The van der Waals surface area contributed by atoms with Gasteiger partial charge in [-0.15, -0.1) is 0 Å². The number of hydrazone groups is 1. The summed E-state index contributed by atoms with van der Waals surface area (Å²) in [6, 6.07) is 6.45. The molecule has 1 aromatic carbocycles. The van der Waals surface area contributed by atoms with Gasteiger partial charge in [0, 0.05) is 11.1 Å². The molecule has 0 saturated heterocycles. The highest BCUT2D eigenvalue weighted by molar-refractivity contribution is 6.03. The molecule has 1 aromatic rings. The lowest BCUT2D eigenvalue weighted by Gasteiger charge is -2.29. The normalized spacial score (nSPS) is 18.6. The molecule has 0 aromatic heterocycles. The largest absolute Gasteiger partial charge is 0.323 e. The maximum absolute atomic E-state index is 5.46. The Bertz CT molecular complexity index is 427. The second-order valence-corrected chi connectivity index (χ2v) is 5.25. The van der Waals surface area contributed by atoms with Gasteiger partial charge in [0.15, 0.2) is 0 Å². The minimum Gasteiger partial charge on any atom is -0.323 e. The highest BCUT2D eigenvalue weighted by Crippen LogP contribution is 2.31. The number of benzene rings is 1. The molecule has 0 fully saturated rings. The summed E-state index contributed by atoms with van der Waals surface area (Å²) < 4.78 is 0.848. The molecule has 0 atom stereocenters. The smallest absolute Gasteiger partial charge is 0.136 e. The molecule has 0 unspecified atom stereocenters. The Morgan fingerprint density at radius 1 is 1.19 bits per heavy atom. The van der Waals surface area contributed by atoms with E-state index in [2.05, 4.69) is 44.4 Å². The van der Waals surface area contributed by atoms with E-state index in [-0.39, 0.29) is 0 Å². The average Bonchev–Trinajstić information content (AvgIpc) is 2.26. The third kappa shape index (κ3) is 1.83. The molecule has 3 nitrogen and oxygen atoms in total. The fourth-order valence-electron chi connectivity index (χ4n) is 2.44. The van der Waals surface area contributed by atoms with Gasteiger partial charge >= 0.3 is 0 Å². The maximum atomic E-state index is 5.46. The Morgan fingerprint density at radius 3 is 2.56 bits per heavy atom. The van der Waals surface area contributed by atoms with E-state index in [9.17, 15) is 0 Å². The summed E-state index contributed by atoms with van der Waals surface area (Å²) in [5.41, 5.74) is 5.10. The van der Waals surface area contributed by atoms with Crippen LogP contribution in [0.2, 0.25) is 0 Å². The van der Waals surface area contributed by atoms with Crippen molar-refractivity contribution in [2.45, 2.75) is 19.3 Å². The van der Waals surface area contributed by atoms with Gasteiger partial charge in [0.05, 0.1) is 26.9 Å². The Hall–Kier alpha value is -1.35. The molecule has 86 valence electrons. The van der Waals surface area contributed by atoms with Crippen molar-refractivity contribution in [2.75, 3.05) is 21.1 Å². The van der Waals surface area contributed by atoms with Gasteiger partial charge in [-0.2, -0.15) is 5.10 Å². The number of nitrogens with zero attached hydrogens (tertiary/aromatic N) is 2. The van der Waals surface area contributed by atoms with Crippen molar-refractivity contribution in [3.63, 3.8) is 0 Å². The topological polar surface area (TPSA) is 38.4 Å². The zero-order valence-electron chi connectivity index (χ0n) is 10.3. The van der Waals surface area contributed by atoms with E-state index >= 15 is 0 Å². The van der Waals surface area contributed by atoms with Crippen LogP contribution in [-0.4, -0.2) is 26.9 Å². The van der Waals surface area contributed by atoms with Crippen molar-refractivity contribution >= 4 is 11.4 Å². The van der Waals surface area contributed by atoms with Crippen LogP contribution in [0.5, 0.6) is 0 Å². The maximum Gasteiger partial charge on any atom is 0.136 e. The predicted molar refractivity (Wildman–Crippen MR) is 69.7 cm³/mol. The van der Waals surface area contributed by atoms with Gasteiger partial charge in [0.2, 0.25) is 0 Å². The van der Waals surface area contributed by atoms with E-state index in [0.717, 1.165) is 29.5 Å². The van der Waals surface area contributed by atoms with Crippen LogP contribution in [0.25, 0.3) is 0 Å². The van der Waals surface area contributed by atoms with Crippen LogP contribution < -0.4 is 10.3 Å². The van der Waals surface area contributed by atoms with E-state index in [1.165, 1.54) is 16.8 Å². The molecule has 2 rings (SSSR count). The Labute approximate surface area is 97.2 Å². The Morgan fingerprint density at radius 2 is 1.94 bits per heavy atom. The van der Waals surface area contributed by atoms with Crippen molar-refractivity contribution in [3.8, 4) is 0 Å². The summed E-state index contributed by atoms with van der Waals surface area (Å²) in [4.78, 5) is 0. The SMILES string of the molecule is C[N+](C)(C)c1cccc2c1CCC/C2=N\N. The van der Waals surface area contributed by atoms with E-state index < -0.39 is 0 Å². The molecular formula is C13H20N3+. The van der Waals surface area contributed by atoms with Crippen LogP contribution in [0.1, 0.15) is 24.0 Å². The first-order valence-electron chi connectivity index (χ1n) is 5.75. The van der Waals surface area contributed by atoms with Crippen molar-refractivity contribution in [3.05, 3.63) is 29.3 Å². The van der Waals surface area contributed by atoms with Gasteiger partial charge in [-0.25, -0.2) is 0 Å².